The van der Waals surface area contributed by atoms with Crippen LogP contribution in [-0.4, -0.2) is 6.67 Å². The first-order valence-electron chi connectivity index (χ1n) is 18.3. The number of rotatable bonds is 9. The van der Waals surface area contributed by atoms with Crippen LogP contribution in [0.3, 0.4) is 0 Å². The molecule has 0 aromatic heterocycles. The largest absolute Gasteiger partial charge is 0.286 e. The van der Waals surface area contributed by atoms with Crippen molar-refractivity contribution < 1.29 is 0 Å². The van der Waals surface area contributed by atoms with E-state index in [0.717, 1.165) is 17.8 Å². The highest BCUT2D eigenvalue weighted by molar-refractivity contribution is 5.80. The summed E-state index contributed by atoms with van der Waals surface area (Å²) in [7, 11) is 0. The Kier molecular flexibility index (Phi) is 9.66. The maximum Gasteiger partial charge on any atom is 0.120 e. The molecule has 0 spiro atoms. The molecule has 4 heteroatoms. The minimum atomic E-state index is -0.180. The fourth-order valence-electron chi connectivity index (χ4n) is 7.00. The Morgan fingerprint density at radius 2 is 0.808 bits per heavy atom. The summed E-state index contributed by atoms with van der Waals surface area (Å²) in [6.07, 6.45) is 0.935. The standard InChI is InChI=1S/C48H44N4/c1-3-35(2)36-24-26-41(27-25-36)48-49-51(46-30-42(37-16-8-4-9-17-37)28-43(31-46)38-18-10-5-11-19-38)34-52(50-48)47-32-44(39-20-12-6-13-21-39)29-45(33-47)40-22-14-7-15-23-40/h4-33,35,48-50H,3,34H2,1-2H3. The molecule has 1 heterocycles. The van der Waals surface area contributed by atoms with Crippen LogP contribution in [0.4, 0.5) is 11.4 Å². The van der Waals surface area contributed by atoms with Gasteiger partial charge in [0.1, 0.15) is 12.8 Å². The van der Waals surface area contributed by atoms with Crippen LogP contribution in [0.15, 0.2) is 182 Å². The highest BCUT2D eigenvalue weighted by Crippen LogP contribution is 2.36. The highest BCUT2D eigenvalue weighted by Gasteiger charge is 2.28. The Labute approximate surface area is 308 Å². The molecule has 1 fully saturated rings. The summed E-state index contributed by atoms with van der Waals surface area (Å²) in [5.41, 5.74) is 21.9. The van der Waals surface area contributed by atoms with Crippen LogP contribution >= 0.6 is 0 Å². The van der Waals surface area contributed by atoms with E-state index in [2.05, 4.69) is 217 Å². The first-order valence-corrected chi connectivity index (χ1v) is 18.3. The summed E-state index contributed by atoms with van der Waals surface area (Å²) in [6, 6.07) is 65.6. The molecule has 1 aliphatic heterocycles. The summed E-state index contributed by atoms with van der Waals surface area (Å²) in [6.45, 7) is 5.11. The van der Waals surface area contributed by atoms with E-state index in [1.807, 2.05) is 0 Å². The third-order valence-electron chi connectivity index (χ3n) is 10.2. The molecule has 1 atom stereocenters. The summed E-state index contributed by atoms with van der Waals surface area (Å²) >= 11 is 0. The zero-order chi connectivity index (χ0) is 35.3. The molecule has 256 valence electrons. The van der Waals surface area contributed by atoms with Crippen molar-refractivity contribution in [1.29, 1.82) is 0 Å². The third kappa shape index (κ3) is 7.26. The van der Waals surface area contributed by atoms with E-state index in [1.165, 1.54) is 55.6 Å². The fraction of sp³-hybridized carbons (Fsp3) is 0.125. The van der Waals surface area contributed by atoms with Gasteiger partial charge in [-0.1, -0.05) is 159 Å². The Morgan fingerprint density at radius 1 is 0.462 bits per heavy atom. The zero-order valence-corrected chi connectivity index (χ0v) is 29.8. The molecule has 52 heavy (non-hydrogen) atoms. The van der Waals surface area contributed by atoms with Crippen LogP contribution in [0.2, 0.25) is 0 Å². The second-order valence-corrected chi connectivity index (χ2v) is 13.7. The minimum absolute atomic E-state index is 0.180. The Morgan fingerprint density at radius 3 is 1.13 bits per heavy atom. The van der Waals surface area contributed by atoms with Gasteiger partial charge < -0.3 is 0 Å². The molecule has 0 aliphatic carbocycles. The van der Waals surface area contributed by atoms with Crippen molar-refractivity contribution in [2.24, 2.45) is 0 Å². The van der Waals surface area contributed by atoms with E-state index in [0.29, 0.717) is 12.6 Å². The molecule has 0 amide bonds. The zero-order valence-electron chi connectivity index (χ0n) is 29.8. The minimum Gasteiger partial charge on any atom is -0.286 e. The van der Waals surface area contributed by atoms with E-state index >= 15 is 0 Å². The van der Waals surface area contributed by atoms with E-state index in [-0.39, 0.29) is 6.17 Å². The number of nitrogens with zero attached hydrogens (tertiary/aromatic N) is 2. The molecule has 7 aromatic rings. The van der Waals surface area contributed by atoms with Crippen LogP contribution in [0.25, 0.3) is 44.5 Å². The normalized spacial score (nSPS) is 14.0. The molecule has 4 nitrogen and oxygen atoms in total. The van der Waals surface area contributed by atoms with Gasteiger partial charge in [-0.3, -0.25) is 10.0 Å². The second kappa shape index (κ2) is 15.1. The predicted molar refractivity (Wildman–Crippen MR) is 219 cm³/mol. The Bertz CT molecular complexity index is 1970. The lowest BCUT2D eigenvalue weighted by Gasteiger charge is -2.44. The Balaban J connectivity index is 1.25. The van der Waals surface area contributed by atoms with Crippen molar-refractivity contribution in [1.82, 2.24) is 10.9 Å². The third-order valence-corrected chi connectivity index (χ3v) is 10.2. The van der Waals surface area contributed by atoms with Crippen LogP contribution < -0.4 is 20.9 Å². The molecule has 0 radical (unpaired) electrons. The lowest BCUT2D eigenvalue weighted by molar-refractivity contribution is 0.348. The van der Waals surface area contributed by atoms with Crippen LogP contribution in [0.5, 0.6) is 0 Å². The molecule has 8 rings (SSSR count). The second-order valence-electron chi connectivity index (χ2n) is 13.7. The van der Waals surface area contributed by atoms with Gasteiger partial charge in [0, 0.05) is 0 Å². The quantitative estimate of drug-likeness (QED) is 0.159. The number of hydrogen-bond acceptors (Lipinski definition) is 4. The average Bonchev–Trinajstić information content (AvgIpc) is 3.24. The van der Waals surface area contributed by atoms with Gasteiger partial charge in [-0.05, 0) is 104 Å². The molecule has 1 unspecified atom stereocenters. The molecule has 0 bridgehead atoms. The number of hydrazine groups is 2. The van der Waals surface area contributed by atoms with E-state index in [1.54, 1.807) is 0 Å². The molecular weight excluding hydrogens is 633 g/mol. The molecule has 0 saturated carbocycles. The molecule has 7 aromatic carbocycles. The van der Waals surface area contributed by atoms with Gasteiger partial charge in [-0.15, -0.1) is 0 Å². The van der Waals surface area contributed by atoms with Gasteiger partial charge in [0.05, 0.1) is 11.4 Å². The van der Waals surface area contributed by atoms with Crippen LogP contribution in [0, 0.1) is 0 Å². The molecule has 2 N–H and O–H groups in total. The van der Waals surface area contributed by atoms with Crippen molar-refractivity contribution >= 4 is 11.4 Å². The maximum atomic E-state index is 3.88. The number of hydrogen-bond donors (Lipinski definition) is 2. The van der Waals surface area contributed by atoms with Crippen LogP contribution in [0.1, 0.15) is 43.5 Å². The molecule has 1 aliphatic rings. The van der Waals surface area contributed by atoms with Gasteiger partial charge in [0.15, 0.2) is 0 Å². The number of nitrogens with one attached hydrogen (secondary N) is 2. The first-order chi connectivity index (χ1) is 25.6. The van der Waals surface area contributed by atoms with E-state index < -0.39 is 0 Å². The molecule has 1 saturated heterocycles. The lowest BCUT2D eigenvalue weighted by atomic mass is 9.97. The maximum absolute atomic E-state index is 3.88. The van der Waals surface area contributed by atoms with Gasteiger partial charge in [0.2, 0.25) is 0 Å². The molecular formula is C48H44N4. The number of anilines is 2. The first kappa shape index (κ1) is 33.2. The van der Waals surface area contributed by atoms with Crippen LogP contribution in [-0.2, 0) is 0 Å². The van der Waals surface area contributed by atoms with E-state index in [9.17, 15) is 0 Å². The average molecular weight is 677 g/mol. The van der Waals surface area contributed by atoms with Gasteiger partial charge in [-0.2, -0.15) is 0 Å². The van der Waals surface area contributed by atoms with Crippen molar-refractivity contribution in [2.45, 2.75) is 32.4 Å². The summed E-state index contributed by atoms with van der Waals surface area (Å²) < 4.78 is 0. The van der Waals surface area contributed by atoms with Crippen molar-refractivity contribution in [3.05, 3.63) is 193 Å². The topological polar surface area (TPSA) is 30.5 Å². The SMILES string of the molecule is CCC(C)c1ccc(C2NN(c3cc(-c4ccccc4)cc(-c4ccccc4)c3)CN(c3cc(-c4ccccc4)cc(-c4ccccc4)c3)N2)cc1. The van der Waals surface area contributed by atoms with Crippen molar-refractivity contribution in [3.63, 3.8) is 0 Å². The Hall–Kier alpha value is -5.94. The smallest absolute Gasteiger partial charge is 0.120 e. The monoisotopic (exact) mass is 676 g/mol. The summed E-state index contributed by atoms with van der Waals surface area (Å²) in [4.78, 5) is 0. The van der Waals surface area contributed by atoms with Crippen molar-refractivity contribution in [2.75, 3.05) is 16.7 Å². The van der Waals surface area contributed by atoms with E-state index in [4.69, 9.17) is 0 Å². The van der Waals surface area contributed by atoms with Gasteiger partial charge in [-0.25, -0.2) is 10.9 Å². The highest BCUT2D eigenvalue weighted by atomic mass is 15.7. The van der Waals surface area contributed by atoms with Gasteiger partial charge in [0.25, 0.3) is 0 Å². The lowest BCUT2D eigenvalue weighted by Crippen LogP contribution is -2.62. The van der Waals surface area contributed by atoms with Gasteiger partial charge >= 0.3 is 0 Å². The fourth-order valence-corrected chi connectivity index (χ4v) is 7.00. The van der Waals surface area contributed by atoms with Crippen molar-refractivity contribution in [3.8, 4) is 44.5 Å². The predicted octanol–water partition coefficient (Wildman–Crippen LogP) is 11.9. The summed E-state index contributed by atoms with van der Waals surface area (Å²) in [5.74, 6) is 0.517. The number of benzene rings is 7. The summed E-state index contributed by atoms with van der Waals surface area (Å²) in [5, 5.41) is 4.58.